The monoisotopic (exact) mass is 1120 g/mol. The molecule has 9 N–H and O–H groups in total. The second-order valence-electron chi connectivity index (χ2n) is 22.2. The van der Waals surface area contributed by atoms with E-state index in [1.807, 2.05) is 55.5 Å². The van der Waals surface area contributed by atoms with Crippen molar-refractivity contribution >= 4 is 58.5 Å². The molecule has 1 saturated carbocycles. The van der Waals surface area contributed by atoms with Crippen molar-refractivity contribution in [3.63, 3.8) is 0 Å². The number of aryl methyl sites for hydroxylation is 2. The maximum absolute atomic E-state index is 14.7. The highest BCUT2D eigenvalue weighted by Gasteiger charge is 2.53. The predicted molar refractivity (Wildman–Crippen MR) is 299 cm³/mol. The molecule has 4 aromatic rings. The molecule has 80 heavy (non-hydrogen) atoms. The Morgan fingerprint density at radius 2 is 1.62 bits per heavy atom. The first-order chi connectivity index (χ1) is 38.0. The molecule has 7 amide bonds. The predicted octanol–water partition coefficient (Wildman–Crippen LogP) is 5.54. The van der Waals surface area contributed by atoms with Gasteiger partial charge in [-0.2, -0.15) is 0 Å². The first-order valence-corrected chi connectivity index (χ1v) is 28.2. The number of ketones is 1. The first kappa shape index (κ1) is 60.1. The molecule has 7 rings (SSSR count). The highest BCUT2D eigenvalue weighted by Crippen LogP contribution is 2.41. The number of halogens is 1. The average molecular weight is 1120 g/mol. The zero-order valence-electron chi connectivity index (χ0n) is 46.1. The van der Waals surface area contributed by atoms with Gasteiger partial charge in [0.2, 0.25) is 23.6 Å². The van der Waals surface area contributed by atoms with Gasteiger partial charge in [-0.1, -0.05) is 88.6 Å². The van der Waals surface area contributed by atoms with Crippen molar-refractivity contribution in [2.24, 2.45) is 11.1 Å². The Bertz CT molecular complexity index is 2970. The molecule has 1 saturated heterocycles. The zero-order chi connectivity index (χ0) is 57.9. The Morgan fingerprint density at radius 3 is 2.31 bits per heavy atom. The summed E-state index contributed by atoms with van der Waals surface area (Å²) in [5.41, 5.74) is 9.14. The number of nitrogens with one attached hydrogen (secondary N) is 5. The van der Waals surface area contributed by atoms with Crippen LogP contribution in [0.1, 0.15) is 147 Å². The third-order valence-electron chi connectivity index (χ3n) is 14.9. The Hall–Kier alpha value is -7.52. The second-order valence-corrected chi connectivity index (χ2v) is 23.0. The topological polar surface area (TPSA) is 283 Å². The van der Waals surface area contributed by atoms with Crippen LogP contribution in [-0.2, 0) is 35.2 Å². The number of benzene rings is 3. The molecule has 2 aliphatic carbocycles. The van der Waals surface area contributed by atoms with E-state index in [4.69, 9.17) is 5.73 Å². The lowest BCUT2D eigenvalue weighted by Crippen LogP contribution is -2.59. The largest absolute Gasteiger partial charge is 0.507 e. The number of alkyl halides is 1. The fourth-order valence-corrected chi connectivity index (χ4v) is 10.8. The van der Waals surface area contributed by atoms with Crippen molar-refractivity contribution in [1.82, 2.24) is 41.4 Å². The molecule has 5 atom stereocenters. The van der Waals surface area contributed by atoms with Crippen LogP contribution in [0, 0.1) is 12.3 Å². The quantitative estimate of drug-likeness (QED) is 0.0231. The minimum Gasteiger partial charge on any atom is -0.507 e. The minimum absolute atomic E-state index is 0.0335. The van der Waals surface area contributed by atoms with Gasteiger partial charge in [0.1, 0.15) is 23.5 Å². The van der Waals surface area contributed by atoms with Crippen LogP contribution in [0.25, 0.3) is 10.4 Å². The maximum Gasteiger partial charge on any atom is 0.267 e. The van der Waals surface area contributed by atoms with Gasteiger partial charge in [0.05, 0.1) is 46.3 Å². The second kappa shape index (κ2) is 26.6. The smallest absolute Gasteiger partial charge is 0.267 e. The number of unbranched alkanes of at least 4 members (excludes halogenated alkanes) is 4. The van der Waals surface area contributed by atoms with Gasteiger partial charge < -0.3 is 52.3 Å². The molecule has 3 aromatic carbocycles. The van der Waals surface area contributed by atoms with Gasteiger partial charge in [0, 0.05) is 57.7 Å². The summed E-state index contributed by atoms with van der Waals surface area (Å²) < 4.78 is 14.7. The number of aromatic nitrogens is 1. The van der Waals surface area contributed by atoms with E-state index in [1.54, 1.807) is 26.3 Å². The van der Waals surface area contributed by atoms with Crippen molar-refractivity contribution in [2.75, 3.05) is 33.2 Å². The summed E-state index contributed by atoms with van der Waals surface area (Å²) in [7, 11) is 1.53. The SMILES string of the molecule is Cc1ncsc1-c1ccc([C@H](CC(=O)NCCCCCCCC(=O)NCCN(C)C(=O)c2ccc(C(=O)/C=C(\N)C(=O)NC3CCc4ccccc43)cc2O)NC(=O)[C@@H]2C[C@@H](O)CN2C(=O)[C@@H](NC(=O)C2(F)CC2)C(C)(C)C)cc1. The number of aromatic hydroxyl groups is 1. The Labute approximate surface area is 469 Å². The van der Waals surface area contributed by atoms with Gasteiger partial charge in [-0.25, -0.2) is 9.37 Å². The normalized spacial score (nSPS) is 18.1. The molecule has 21 heteroatoms. The molecule has 2 fully saturated rings. The molecular weight excluding hydrogens is 1050 g/mol. The molecule has 1 aromatic heterocycles. The highest BCUT2D eigenvalue weighted by atomic mass is 32.1. The number of carbonyl (C=O) groups excluding carboxylic acids is 8. The van der Waals surface area contributed by atoms with E-state index in [1.165, 1.54) is 40.3 Å². The lowest BCUT2D eigenvalue weighted by Gasteiger charge is -2.36. The summed E-state index contributed by atoms with van der Waals surface area (Å²) in [4.78, 5) is 114. The average Bonchev–Trinajstić information content (AvgIpc) is 3.66. The highest BCUT2D eigenvalue weighted by molar-refractivity contribution is 7.13. The Kier molecular flexibility index (Phi) is 20.0. The van der Waals surface area contributed by atoms with Crippen molar-refractivity contribution in [3.05, 3.63) is 118 Å². The van der Waals surface area contributed by atoms with Crippen LogP contribution in [0.3, 0.4) is 0 Å². The van der Waals surface area contributed by atoms with Crippen LogP contribution >= 0.6 is 11.3 Å². The molecule has 0 radical (unpaired) electrons. The number of phenols is 1. The van der Waals surface area contributed by atoms with E-state index in [-0.39, 0.29) is 86.4 Å². The van der Waals surface area contributed by atoms with E-state index < -0.39 is 76.4 Å². The van der Waals surface area contributed by atoms with E-state index in [0.29, 0.717) is 24.9 Å². The number of hydrogen-bond acceptors (Lipinski definition) is 13. The van der Waals surface area contributed by atoms with E-state index >= 15 is 0 Å². The molecular formula is C59H74FN9O10S. The molecule has 2 heterocycles. The third-order valence-corrected chi connectivity index (χ3v) is 15.9. The van der Waals surface area contributed by atoms with Crippen LogP contribution in [0.2, 0.25) is 0 Å². The number of likely N-dealkylation sites (tertiary alicyclic amines) is 1. The van der Waals surface area contributed by atoms with E-state index in [0.717, 1.165) is 71.5 Å². The van der Waals surface area contributed by atoms with E-state index in [9.17, 15) is 53.0 Å². The van der Waals surface area contributed by atoms with Crippen LogP contribution in [0.15, 0.2) is 84.0 Å². The molecule has 19 nitrogen and oxygen atoms in total. The molecule has 3 aliphatic rings. The molecule has 428 valence electrons. The summed E-state index contributed by atoms with van der Waals surface area (Å²) in [6.07, 6.45) is 5.36. The molecule has 1 aliphatic heterocycles. The third kappa shape index (κ3) is 15.6. The number of nitrogens with zero attached hydrogens (tertiary/aromatic N) is 3. The number of carbonyl (C=O) groups is 8. The Balaban J connectivity index is 0.815. The minimum atomic E-state index is -2.02. The first-order valence-electron chi connectivity index (χ1n) is 27.3. The number of allylic oxidation sites excluding steroid dienone is 1. The summed E-state index contributed by atoms with van der Waals surface area (Å²) in [6, 6.07) is 15.7. The van der Waals surface area contributed by atoms with Crippen molar-refractivity contribution < 1.29 is 53.0 Å². The molecule has 1 unspecified atom stereocenters. The lowest BCUT2D eigenvalue weighted by atomic mass is 9.85. The number of rotatable bonds is 25. The maximum atomic E-state index is 14.7. The summed E-state index contributed by atoms with van der Waals surface area (Å²) in [5.74, 6) is -4.73. The van der Waals surface area contributed by atoms with Gasteiger partial charge in [-0.3, -0.25) is 38.4 Å². The number of likely N-dealkylation sites (N-methyl/N-ethyl adjacent to an activating group) is 1. The fourth-order valence-electron chi connectivity index (χ4n) is 9.97. The van der Waals surface area contributed by atoms with Crippen LogP contribution < -0.4 is 32.3 Å². The molecule has 0 bridgehead atoms. The number of hydrogen-bond donors (Lipinski definition) is 8. The number of phenolic OH excluding ortho intramolecular Hbond substituents is 1. The number of fused-ring (bicyclic) bond motifs is 1. The van der Waals surface area contributed by atoms with E-state index in [2.05, 4.69) is 31.6 Å². The van der Waals surface area contributed by atoms with Crippen molar-refractivity contribution in [2.45, 2.75) is 141 Å². The number of nitrogens with two attached hydrogens (primary N) is 1. The van der Waals surface area contributed by atoms with Gasteiger partial charge in [-0.05, 0) is 91.3 Å². The fraction of sp³-hybridized carbons (Fsp3) is 0.475. The van der Waals surface area contributed by atoms with Crippen LogP contribution in [0.4, 0.5) is 4.39 Å². The van der Waals surface area contributed by atoms with Gasteiger partial charge in [-0.15, -0.1) is 11.3 Å². The number of aliphatic hydroxyl groups excluding tert-OH is 1. The van der Waals surface area contributed by atoms with Crippen LogP contribution in [-0.4, -0.2) is 129 Å². The summed E-state index contributed by atoms with van der Waals surface area (Å²) in [5, 5.41) is 35.6. The lowest BCUT2D eigenvalue weighted by molar-refractivity contribution is -0.145. The standard InChI is InChI=1S/C59H74FN9O10S/c1-35-51(80-34-64-35)38-18-16-37(17-19-38)45(66-54(76)46-30-40(70)33-69(46)56(78)52(58(2,3)4)67-57(79)59(60)24-25-59)32-50(74)62-26-12-8-6-7-9-15-49(73)63-27-28-68(5)55(77)42-22-20-39(29-48(42)72)47(71)31-43(61)53(75)65-44-23-21-36-13-10-11-14-41(36)44/h10-11,13-14,16-20,22,29,31,34,40,44-46,52,70,72H,6-9,12,15,21,23-28,30,32-33,61H2,1-5H3,(H,62,74)(H,63,73)(H,65,75)(H,66,76)(H,67,79)/b43-31-/t40-,44?,45+,46+,52-/m1/s1. The van der Waals surface area contributed by atoms with Crippen LogP contribution in [0.5, 0.6) is 5.75 Å². The van der Waals surface area contributed by atoms with Gasteiger partial charge in [0.15, 0.2) is 11.5 Å². The number of β-amino-alcohol motifs (C(OH)–C–C–N with tert-alkyl or cyclic N) is 1. The van der Waals surface area contributed by atoms with Crippen molar-refractivity contribution in [1.29, 1.82) is 0 Å². The van der Waals surface area contributed by atoms with Crippen molar-refractivity contribution in [3.8, 4) is 16.2 Å². The Morgan fingerprint density at radius 1 is 0.925 bits per heavy atom. The number of thiazole rings is 1. The van der Waals surface area contributed by atoms with Gasteiger partial charge in [0.25, 0.3) is 17.7 Å². The molecule has 0 spiro atoms. The van der Waals surface area contributed by atoms with Gasteiger partial charge >= 0.3 is 0 Å². The zero-order valence-corrected chi connectivity index (χ0v) is 46.9. The summed E-state index contributed by atoms with van der Waals surface area (Å²) in [6.45, 7) is 7.62. The number of amides is 7. The summed E-state index contributed by atoms with van der Waals surface area (Å²) >= 11 is 1.49. The number of aliphatic hydroxyl groups is 1.